The van der Waals surface area contributed by atoms with Crippen LogP contribution in [0, 0.1) is 0 Å². The van der Waals surface area contributed by atoms with Crippen LogP contribution in [0.3, 0.4) is 0 Å². The molecule has 0 radical (unpaired) electrons. The maximum atomic E-state index is 11.6. The van der Waals surface area contributed by atoms with Crippen molar-refractivity contribution in [1.82, 2.24) is 39.0 Å². The summed E-state index contributed by atoms with van der Waals surface area (Å²) in [6.07, 6.45) is 2.15. The first-order chi connectivity index (χ1) is 19.4. The van der Waals surface area contributed by atoms with Gasteiger partial charge < -0.3 is 49.3 Å². The van der Waals surface area contributed by atoms with Gasteiger partial charge in [0.15, 0.2) is 22.0 Å². The van der Waals surface area contributed by atoms with Gasteiger partial charge in [0.2, 0.25) is 11.9 Å². The largest absolute Gasteiger partial charge is 0.398 e. The Kier molecular flexibility index (Phi) is 8.34. The van der Waals surface area contributed by atoms with Crippen molar-refractivity contribution in [3.05, 3.63) is 28.2 Å². The van der Waals surface area contributed by atoms with Gasteiger partial charge in [-0.15, -0.1) is 0 Å². The fourth-order valence-electron chi connectivity index (χ4n) is 4.03. The first-order valence-electron chi connectivity index (χ1n) is 11.7. The lowest BCUT2D eigenvalue weighted by Gasteiger charge is -2.12. The number of rotatable bonds is 6. The van der Waals surface area contributed by atoms with E-state index in [1.165, 1.54) is 10.9 Å². The summed E-state index contributed by atoms with van der Waals surface area (Å²) in [6.45, 7) is 2.58. The van der Waals surface area contributed by atoms with E-state index in [0.29, 0.717) is 24.3 Å². The summed E-state index contributed by atoms with van der Waals surface area (Å²) in [5.41, 5.74) is 12.0. The van der Waals surface area contributed by atoms with E-state index in [-0.39, 0.29) is 47.5 Å². The van der Waals surface area contributed by atoms with E-state index in [1.54, 1.807) is 17.6 Å². The molecule has 5 unspecified atom stereocenters. The van der Waals surface area contributed by atoms with Crippen LogP contribution in [0.15, 0.2) is 17.4 Å². The minimum Gasteiger partial charge on any atom is -0.369 e. The van der Waals surface area contributed by atoms with Gasteiger partial charge >= 0.3 is 21.4 Å². The molecule has 220 valence electrons. The Labute approximate surface area is 235 Å². The van der Waals surface area contributed by atoms with Crippen molar-refractivity contribution in [2.24, 2.45) is 0 Å². The molecule has 19 nitrogen and oxygen atoms in total. The number of anilines is 2. The van der Waals surface area contributed by atoms with Gasteiger partial charge in [0.25, 0.3) is 11.6 Å². The third kappa shape index (κ3) is 6.53. The van der Waals surface area contributed by atoms with Crippen molar-refractivity contribution in [1.29, 1.82) is 0 Å². The Hall–Kier alpha value is -3.12. The average molecular weight is 634 g/mol. The number of ether oxygens (including phenoxy) is 4. The number of H-pyrrole nitrogens is 1. The Balaban J connectivity index is 0.000000165. The Morgan fingerprint density at radius 2 is 1.66 bits per heavy atom. The number of nitrogens with zero attached hydrogens (tertiary/aromatic N) is 7. The average Bonchev–Trinajstić information content (AvgIpc) is 3.68. The highest BCUT2D eigenvalue weighted by atomic mass is 35.5. The van der Waals surface area contributed by atoms with Gasteiger partial charge in [0.1, 0.15) is 24.4 Å². The molecule has 2 fully saturated rings. The van der Waals surface area contributed by atoms with Crippen LogP contribution in [0.4, 0.5) is 11.9 Å². The third-order valence-corrected chi connectivity index (χ3v) is 7.72. The number of halogens is 1. The molecule has 2 aliphatic heterocycles. The maximum absolute atomic E-state index is 11.6. The zero-order chi connectivity index (χ0) is 29.5. The lowest BCUT2D eigenvalue weighted by atomic mass is 10.4. The number of nitrogens with one attached hydrogen (secondary N) is 1. The smallest absolute Gasteiger partial charge is 0.369 e. The number of imidazole rings is 2. The van der Waals surface area contributed by atoms with E-state index in [2.05, 4.69) is 29.9 Å². The second kappa shape index (κ2) is 11.6. The minimum atomic E-state index is -4.46. The number of aromatic nitrogens is 8. The summed E-state index contributed by atoms with van der Waals surface area (Å²) in [4.78, 5) is 51.9. The molecule has 2 aliphatic rings. The summed E-state index contributed by atoms with van der Waals surface area (Å²) < 4.78 is 46.5. The van der Waals surface area contributed by atoms with Crippen molar-refractivity contribution in [3.63, 3.8) is 0 Å². The second-order valence-corrected chi connectivity index (χ2v) is 12.4. The van der Waals surface area contributed by atoms with E-state index < -0.39 is 39.1 Å². The molecule has 6 heterocycles. The van der Waals surface area contributed by atoms with Gasteiger partial charge in [-0.1, -0.05) is 16.2 Å². The summed E-state index contributed by atoms with van der Waals surface area (Å²) in [6, 6.07) is -2.22. The summed E-state index contributed by atoms with van der Waals surface area (Å²) in [5.74, 6) is 0.0355. The molecule has 0 bridgehead atoms. The van der Waals surface area contributed by atoms with Gasteiger partial charge in [-0.25, -0.2) is 9.97 Å². The molecule has 6 rings (SSSR count). The molecule has 0 aliphatic carbocycles. The minimum absolute atomic E-state index is 0.00806. The number of fused-ring (bicyclic) bond motifs is 2. The van der Waals surface area contributed by atoms with Crippen LogP contribution in [-0.2, 0) is 41.2 Å². The summed E-state index contributed by atoms with van der Waals surface area (Å²) in [7, 11) is -5.99. The van der Waals surface area contributed by atoms with Crippen molar-refractivity contribution >= 4 is 61.2 Å². The topological polar surface area (TPSA) is 271 Å². The maximum Gasteiger partial charge on any atom is 0.398 e. The molecule has 0 saturated carbocycles. The van der Waals surface area contributed by atoms with Crippen molar-refractivity contribution in [2.45, 2.75) is 37.4 Å². The Morgan fingerprint density at radius 1 is 1.05 bits per heavy atom. The van der Waals surface area contributed by atoms with E-state index in [4.69, 9.17) is 51.8 Å². The van der Waals surface area contributed by atoms with Crippen LogP contribution in [0.2, 0.25) is 5.15 Å². The number of aromatic amines is 1. The van der Waals surface area contributed by atoms with Crippen LogP contribution in [0.1, 0.15) is 0 Å². The van der Waals surface area contributed by atoms with Crippen LogP contribution in [0.25, 0.3) is 22.3 Å². The number of hydrogen-bond acceptors (Lipinski definition) is 14. The quantitative estimate of drug-likeness (QED) is 0.136. The van der Waals surface area contributed by atoms with Crippen LogP contribution in [0.5, 0.6) is 0 Å². The highest BCUT2D eigenvalue weighted by Crippen LogP contribution is 2.45. The Bertz CT molecular complexity index is 1710. The number of nitrogen functional groups attached to an aromatic ring is 2. The first kappa shape index (κ1) is 29.4. The van der Waals surface area contributed by atoms with E-state index in [1.807, 2.05) is 0 Å². The fraction of sp³-hybridized carbons (Fsp3) is 0.474. The molecule has 4 aromatic heterocycles. The fourth-order valence-corrected chi connectivity index (χ4v) is 5.50. The molecule has 7 N–H and O–H groups in total. The van der Waals surface area contributed by atoms with Crippen molar-refractivity contribution in [2.75, 3.05) is 31.3 Å². The number of nitrogens with two attached hydrogens (primary N) is 2. The van der Waals surface area contributed by atoms with Crippen LogP contribution >= 0.6 is 27.0 Å². The molecule has 4 aromatic rings. The predicted molar refractivity (Wildman–Crippen MR) is 142 cm³/mol. The van der Waals surface area contributed by atoms with E-state index in [9.17, 15) is 13.9 Å². The molecule has 2 saturated heterocycles. The third-order valence-electron chi connectivity index (χ3n) is 5.77. The monoisotopic (exact) mass is 633 g/mol. The molecule has 22 heteroatoms. The molecular weight excluding hydrogens is 610 g/mol. The van der Waals surface area contributed by atoms with Crippen molar-refractivity contribution in [3.8, 4) is 0 Å². The van der Waals surface area contributed by atoms with E-state index >= 15 is 0 Å². The molecule has 5 atom stereocenters. The van der Waals surface area contributed by atoms with Gasteiger partial charge in [0.05, 0.1) is 39.0 Å². The predicted octanol–water partition coefficient (Wildman–Crippen LogP) is -0.203. The SMILES string of the molecule is C[P+](=O)C1OCC(Cn2cnc3c(Cl)nc(N)nc32)O1.Nc1nc2c(ncn2CC2COC(P(=O)(O)O)O2)c(=O)[nH]1. The second-order valence-electron chi connectivity index (χ2n) is 8.89. The summed E-state index contributed by atoms with van der Waals surface area (Å²) >= 11 is 5.96. The van der Waals surface area contributed by atoms with Crippen LogP contribution in [-0.4, -0.2) is 93.0 Å². The zero-order valence-electron chi connectivity index (χ0n) is 21.1. The number of hydrogen-bond donors (Lipinski definition) is 5. The highest BCUT2D eigenvalue weighted by Gasteiger charge is 2.39. The standard InChI is InChI=1S/C10H12ClN5O3P.C9H12N5O6P/c1-20(17)10-18-3-5(19-10)2-16-4-13-6-7(11)14-9(12)15-8(6)16;10-8-12-6-5(7(15)13-8)11-3-14(6)1-4-2-19-9(20-4)21(16,17)18/h4-5,10H,2-3H2,1H3,(H2,12,14,15);3-4,9H,1-2H2,(H2,16,17,18)(H3,10,12,13,15)/q+1;. The lowest BCUT2D eigenvalue weighted by molar-refractivity contribution is -0.0146. The van der Waals surface area contributed by atoms with Gasteiger partial charge in [0, 0.05) is 0 Å². The normalized spacial score (nSPS) is 23.2. The molecular formula is C19H24ClN10O9P2+. The van der Waals surface area contributed by atoms with Gasteiger partial charge in [-0.05, 0) is 0 Å². The van der Waals surface area contributed by atoms with Crippen LogP contribution < -0.4 is 17.0 Å². The lowest BCUT2D eigenvalue weighted by Crippen LogP contribution is -2.20. The molecule has 41 heavy (non-hydrogen) atoms. The van der Waals surface area contributed by atoms with Crippen molar-refractivity contribution < 1.29 is 37.9 Å². The first-order valence-corrected chi connectivity index (χ1v) is 15.6. The Morgan fingerprint density at radius 3 is 2.27 bits per heavy atom. The summed E-state index contributed by atoms with van der Waals surface area (Å²) in [5, 5.41) is 0.212. The van der Waals surface area contributed by atoms with Gasteiger partial charge in [-0.2, -0.15) is 15.0 Å². The zero-order valence-corrected chi connectivity index (χ0v) is 23.6. The molecule has 0 spiro atoms. The molecule has 0 aromatic carbocycles. The van der Waals surface area contributed by atoms with Gasteiger partial charge in [-0.3, -0.25) is 14.3 Å². The van der Waals surface area contributed by atoms with E-state index in [0.717, 1.165) is 0 Å². The highest BCUT2D eigenvalue weighted by molar-refractivity contribution is 7.52. The molecule has 0 amide bonds.